The molecule has 0 aromatic carbocycles. The predicted molar refractivity (Wildman–Crippen MR) is 71.8 cm³/mol. The summed E-state index contributed by atoms with van der Waals surface area (Å²) >= 11 is 5.93. The molecular formula is C13H18ClN3O. The highest BCUT2D eigenvalue weighted by molar-refractivity contribution is 6.32. The lowest BCUT2D eigenvalue weighted by atomic mass is 10.0. The van der Waals surface area contributed by atoms with Gasteiger partial charge in [0.15, 0.2) is 0 Å². The van der Waals surface area contributed by atoms with Crippen LogP contribution >= 0.6 is 11.6 Å². The zero-order valence-electron chi connectivity index (χ0n) is 10.5. The predicted octanol–water partition coefficient (Wildman–Crippen LogP) is 1.95. The Hall–Kier alpha value is -1.13. The fourth-order valence-electron chi connectivity index (χ4n) is 2.24. The molecule has 1 aliphatic heterocycles. The van der Waals surface area contributed by atoms with Gasteiger partial charge in [0.25, 0.3) is 5.91 Å². The molecule has 1 aromatic heterocycles. The molecule has 1 saturated heterocycles. The third-order valence-electron chi connectivity index (χ3n) is 3.24. The summed E-state index contributed by atoms with van der Waals surface area (Å²) in [6, 6.07) is 3.83. The van der Waals surface area contributed by atoms with Crippen LogP contribution in [0.2, 0.25) is 5.15 Å². The number of piperidine rings is 1. The van der Waals surface area contributed by atoms with Crippen molar-refractivity contribution in [1.82, 2.24) is 15.2 Å². The number of hydrogen-bond donors (Lipinski definition) is 1. The minimum Gasteiger partial charge on any atom is -0.340 e. The summed E-state index contributed by atoms with van der Waals surface area (Å²) in [5, 5.41) is 3.70. The highest BCUT2D eigenvalue weighted by Crippen LogP contribution is 2.15. The topological polar surface area (TPSA) is 45.2 Å². The van der Waals surface area contributed by atoms with Gasteiger partial charge in [-0.3, -0.25) is 4.79 Å². The van der Waals surface area contributed by atoms with Crippen LogP contribution in [0.5, 0.6) is 0 Å². The van der Waals surface area contributed by atoms with Gasteiger partial charge in [0.05, 0.1) is 5.56 Å². The van der Waals surface area contributed by atoms with Crippen molar-refractivity contribution in [2.75, 3.05) is 20.1 Å². The molecule has 1 N–H and O–H groups in total. The second kappa shape index (κ2) is 6.16. The molecule has 0 saturated carbocycles. The number of likely N-dealkylation sites (N-methyl/N-ethyl adjacent to an activating group) is 1. The maximum absolute atomic E-state index is 12.2. The summed E-state index contributed by atoms with van der Waals surface area (Å²) in [7, 11) is 1.81. The minimum atomic E-state index is -0.0690. The fourth-order valence-corrected chi connectivity index (χ4v) is 2.44. The lowest BCUT2D eigenvalue weighted by Gasteiger charge is -2.28. The van der Waals surface area contributed by atoms with E-state index < -0.39 is 0 Å². The lowest BCUT2D eigenvalue weighted by Crippen LogP contribution is -2.44. The van der Waals surface area contributed by atoms with E-state index in [1.165, 1.54) is 12.8 Å². The van der Waals surface area contributed by atoms with E-state index in [4.69, 9.17) is 11.6 Å². The standard InChI is InChI=1S/C13H18ClN3O/c1-17(9-10-5-2-3-7-15-10)13(18)11-6-4-8-16-12(11)14/h4,6,8,10,15H,2-3,5,7,9H2,1H3/t10-/m0/s1. The van der Waals surface area contributed by atoms with Gasteiger partial charge >= 0.3 is 0 Å². The van der Waals surface area contributed by atoms with Crippen LogP contribution in [0, 0.1) is 0 Å². The van der Waals surface area contributed by atoms with Crippen molar-refractivity contribution < 1.29 is 4.79 Å². The highest BCUT2D eigenvalue weighted by atomic mass is 35.5. The van der Waals surface area contributed by atoms with Crippen LogP contribution in [0.15, 0.2) is 18.3 Å². The quantitative estimate of drug-likeness (QED) is 0.852. The third kappa shape index (κ3) is 3.21. The first-order valence-corrected chi connectivity index (χ1v) is 6.65. The molecule has 0 aliphatic carbocycles. The van der Waals surface area contributed by atoms with E-state index in [1.807, 2.05) is 7.05 Å². The van der Waals surface area contributed by atoms with Crippen molar-refractivity contribution in [3.63, 3.8) is 0 Å². The molecular weight excluding hydrogens is 250 g/mol. The molecule has 0 radical (unpaired) electrons. The average molecular weight is 268 g/mol. The SMILES string of the molecule is CN(C[C@@H]1CCCCN1)C(=O)c1cccnc1Cl. The first-order valence-electron chi connectivity index (χ1n) is 6.28. The molecule has 1 atom stereocenters. The molecule has 1 amide bonds. The number of pyridine rings is 1. The number of hydrogen-bond acceptors (Lipinski definition) is 3. The molecule has 0 unspecified atom stereocenters. The van der Waals surface area contributed by atoms with E-state index in [9.17, 15) is 4.79 Å². The molecule has 0 bridgehead atoms. The normalized spacial score (nSPS) is 19.6. The molecule has 2 heterocycles. The Kier molecular flexibility index (Phi) is 4.55. The molecule has 4 nitrogen and oxygen atoms in total. The number of nitrogens with zero attached hydrogens (tertiary/aromatic N) is 2. The maximum Gasteiger partial charge on any atom is 0.256 e. The molecule has 1 fully saturated rings. The molecule has 5 heteroatoms. The van der Waals surface area contributed by atoms with Gasteiger partial charge < -0.3 is 10.2 Å². The number of nitrogens with one attached hydrogen (secondary N) is 1. The van der Waals surface area contributed by atoms with E-state index in [-0.39, 0.29) is 11.1 Å². The fraction of sp³-hybridized carbons (Fsp3) is 0.538. The van der Waals surface area contributed by atoms with Crippen LogP contribution < -0.4 is 5.32 Å². The van der Waals surface area contributed by atoms with E-state index in [0.717, 1.165) is 13.0 Å². The van der Waals surface area contributed by atoms with Gasteiger partial charge in [-0.2, -0.15) is 0 Å². The molecule has 0 spiro atoms. The monoisotopic (exact) mass is 267 g/mol. The van der Waals surface area contributed by atoms with E-state index in [0.29, 0.717) is 18.2 Å². The van der Waals surface area contributed by atoms with Crippen LogP contribution in [-0.2, 0) is 0 Å². The Labute approximate surface area is 112 Å². The van der Waals surface area contributed by atoms with Gasteiger partial charge in [-0.25, -0.2) is 4.98 Å². The number of amides is 1. The summed E-state index contributed by atoms with van der Waals surface area (Å²) in [6.45, 7) is 1.75. The highest BCUT2D eigenvalue weighted by Gasteiger charge is 2.20. The average Bonchev–Trinajstić information content (AvgIpc) is 2.39. The van der Waals surface area contributed by atoms with Crippen LogP contribution in [0.3, 0.4) is 0 Å². The van der Waals surface area contributed by atoms with Crippen molar-refractivity contribution in [3.05, 3.63) is 29.0 Å². The summed E-state index contributed by atoms with van der Waals surface area (Å²) in [5.41, 5.74) is 0.470. The van der Waals surface area contributed by atoms with Crippen molar-refractivity contribution in [1.29, 1.82) is 0 Å². The van der Waals surface area contributed by atoms with E-state index >= 15 is 0 Å². The van der Waals surface area contributed by atoms with Crippen LogP contribution in [0.1, 0.15) is 29.6 Å². The smallest absolute Gasteiger partial charge is 0.256 e. The van der Waals surface area contributed by atoms with Gasteiger partial charge in [-0.15, -0.1) is 0 Å². The van der Waals surface area contributed by atoms with Crippen molar-refractivity contribution in [2.45, 2.75) is 25.3 Å². The van der Waals surface area contributed by atoms with Gasteiger partial charge in [-0.1, -0.05) is 18.0 Å². The zero-order chi connectivity index (χ0) is 13.0. The van der Waals surface area contributed by atoms with Crippen molar-refractivity contribution >= 4 is 17.5 Å². The number of carbonyl (C=O) groups is 1. The van der Waals surface area contributed by atoms with Gasteiger partial charge in [0, 0.05) is 25.8 Å². The first-order chi connectivity index (χ1) is 8.68. The molecule has 98 valence electrons. The summed E-state index contributed by atoms with van der Waals surface area (Å²) in [5.74, 6) is -0.0690. The molecule has 2 rings (SSSR count). The van der Waals surface area contributed by atoms with Gasteiger partial charge in [-0.05, 0) is 31.5 Å². The van der Waals surface area contributed by atoms with Crippen molar-refractivity contribution in [3.8, 4) is 0 Å². The number of halogens is 1. The van der Waals surface area contributed by atoms with Gasteiger partial charge in [0.1, 0.15) is 5.15 Å². The summed E-state index contributed by atoms with van der Waals surface area (Å²) in [6.07, 6.45) is 5.16. The second-order valence-corrected chi connectivity index (χ2v) is 5.03. The largest absolute Gasteiger partial charge is 0.340 e. The Morgan fingerprint density at radius 2 is 2.44 bits per heavy atom. The third-order valence-corrected chi connectivity index (χ3v) is 3.54. The number of aromatic nitrogens is 1. The first kappa shape index (κ1) is 13.3. The number of rotatable bonds is 3. The Bertz CT molecular complexity index is 418. The molecule has 1 aliphatic rings. The van der Waals surface area contributed by atoms with Crippen LogP contribution in [0.4, 0.5) is 0 Å². The Morgan fingerprint density at radius 1 is 1.61 bits per heavy atom. The van der Waals surface area contributed by atoms with Gasteiger partial charge in [0.2, 0.25) is 0 Å². The molecule has 18 heavy (non-hydrogen) atoms. The Morgan fingerprint density at radius 3 is 3.11 bits per heavy atom. The van der Waals surface area contributed by atoms with E-state index in [1.54, 1.807) is 23.2 Å². The summed E-state index contributed by atoms with van der Waals surface area (Å²) in [4.78, 5) is 17.9. The van der Waals surface area contributed by atoms with Crippen molar-refractivity contribution in [2.24, 2.45) is 0 Å². The summed E-state index contributed by atoms with van der Waals surface area (Å²) < 4.78 is 0. The lowest BCUT2D eigenvalue weighted by molar-refractivity contribution is 0.0775. The number of carbonyl (C=O) groups excluding carboxylic acids is 1. The molecule has 1 aromatic rings. The second-order valence-electron chi connectivity index (χ2n) is 4.67. The minimum absolute atomic E-state index is 0.0690. The van der Waals surface area contributed by atoms with Crippen LogP contribution in [-0.4, -0.2) is 42.0 Å². The Balaban J connectivity index is 1.98. The zero-order valence-corrected chi connectivity index (χ0v) is 11.3. The van der Waals surface area contributed by atoms with E-state index in [2.05, 4.69) is 10.3 Å². The van der Waals surface area contributed by atoms with Crippen LogP contribution in [0.25, 0.3) is 0 Å². The maximum atomic E-state index is 12.2.